The predicted molar refractivity (Wildman–Crippen MR) is 37.4 cm³/mol. The summed E-state index contributed by atoms with van der Waals surface area (Å²) in [6, 6.07) is 0.422. The third kappa shape index (κ3) is 8.65. The molecule has 1 atom stereocenters. The fourth-order valence-electron chi connectivity index (χ4n) is 0.429. The fraction of sp³-hybridized carbons (Fsp3) is 0.714. The van der Waals surface area contributed by atoms with Crippen molar-refractivity contribution in [3.05, 3.63) is 13.3 Å². The Hall–Kier alpha value is 0.648. The molecule has 54 valence electrons. The van der Waals surface area contributed by atoms with E-state index in [0.29, 0.717) is 6.04 Å². The molecule has 2 heteroatoms. The Morgan fingerprint density at radius 3 is 2.56 bits per heavy atom. The Labute approximate surface area is 72.9 Å². The zero-order valence-electron chi connectivity index (χ0n) is 6.18. The van der Waals surface area contributed by atoms with Crippen LogP contribution in [0.15, 0.2) is 0 Å². The van der Waals surface area contributed by atoms with Crippen LogP contribution >= 0.6 is 0 Å². The molecule has 0 rings (SSSR count). The molecule has 0 aliphatic heterocycles. The van der Waals surface area contributed by atoms with Crippen LogP contribution in [-0.4, -0.2) is 12.6 Å². The molecule has 1 unspecified atom stereocenters. The predicted octanol–water partition coefficient (Wildman–Crippen LogP) is 1.41. The molecule has 0 aromatic heterocycles. The fourth-order valence-corrected chi connectivity index (χ4v) is 0.429. The largest absolute Gasteiger partial charge is 2.00 e. The van der Waals surface area contributed by atoms with E-state index in [1.54, 1.807) is 0 Å². The van der Waals surface area contributed by atoms with Crippen molar-refractivity contribution in [2.24, 2.45) is 0 Å². The molecular weight excluding hydrogens is 282 g/mol. The van der Waals surface area contributed by atoms with Gasteiger partial charge in [-0.25, -0.2) is 0 Å². The van der Waals surface area contributed by atoms with E-state index in [9.17, 15) is 0 Å². The van der Waals surface area contributed by atoms with Crippen molar-refractivity contribution in [2.75, 3.05) is 6.54 Å². The summed E-state index contributed by atoms with van der Waals surface area (Å²) in [5.41, 5.74) is 0. The van der Waals surface area contributed by atoms with E-state index >= 15 is 0 Å². The van der Waals surface area contributed by atoms with E-state index in [1.165, 1.54) is 0 Å². The molecule has 0 aromatic rings. The summed E-state index contributed by atoms with van der Waals surface area (Å²) < 4.78 is 0. The van der Waals surface area contributed by atoms with Crippen molar-refractivity contribution >= 4 is 0 Å². The maximum atomic E-state index is 3.86. The van der Waals surface area contributed by atoms with Crippen molar-refractivity contribution in [2.45, 2.75) is 26.3 Å². The Kier molecular flexibility index (Phi) is 11.9. The van der Waals surface area contributed by atoms with Crippen molar-refractivity contribution in [3.63, 3.8) is 0 Å². The first kappa shape index (κ1) is 12.3. The van der Waals surface area contributed by atoms with Gasteiger partial charge in [-0.2, -0.15) is 6.92 Å². The van der Waals surface area contributed by atoms with Gasteiger partial charge in [-0.1, -0.05) is 13.3 Å². The first-order valence-electron chi connectivity index (χ1n) is 3.15. The van der Waals surface area contributed by atoms with Gasteiger partial charge in [0.1, 0.15) is 0 Å². The quantitative estimate of drug-likeness (QED) is 0.774. The van der Waals surface area contributed by atoms with Crippen LogP contribution in [-0.2, 0) is 21.1 Å². The van der Waals surface area contributed by atoms with Crippen LogP contribution in [0.5, 0.6) is 0 Å². The molecule has 0 bridgehead atoms. The van der Waals surface area contributed by atoms with E-state index in [2.05, 4.69) is 25.6 Å². The molecule has 0 aromatic carbocycles. The van der Waals surface area contributed by atoms with Gasteiger partial charge in [0.2, 0.25) is 0 Å². The molecule has 0 saturated heterocycles. The maximum absolute atomic E-state index is 3.86. The van der Waals surface area contributed by atoms with Crippen LogP contribution in [0.4, 0.5) is 0 Å². The second-order valence-electron chi connectivity index (χ2n) is 1.92. The molecule has 1 nitrogen and oxygen atoms in total. The molecule has 0 fully saturated rings. The molecule has 0 aliphatic carbocycles. The van der Waals surface area contributed by atoms with Gasteiger partial charge >= 0.3 is 21.1 Å². The van der Waals surface area contributed by atoms with Gasteiger partial charge in [0, 0.05) is 0 Å². The van der Waals surface area contributed by atoms with Gasteiger partial charge in [-0.15, -0.1) is 12.6 Å². The van der Waals surface area contributed by atoms with Gasteiger partial charge in [-0.3, -0.25) is 0 Å². The normalized spacial score (nSPS) is 12.3. The van der Waals surface area contributed by atoms with Crippen molar-refractivity contribution < 1.29 is 21.1 Å². The van der Waals surface area contributed by atoms with Crippen LogP contribution in [0, 0.1) is 13.3 Å². The number of hydrogen-bond acceptors (Lipinski definition) is 1. The summed E-state index contributed by atoms with van der Waals surface area (Å²) in [6.45, 7) is 9.00. The van der Waals surface area contributed by atoms with E-state index in [-0.39, 0.29) is 21.1 Å². The van der Waals surface area contributed by atoms with Gasteiger partial charge in [0.15, 0.2) is 0 Å². The summed E-state index contributed by atoms with van der Waals surface area (Å²) in [5, 5.41) is 3.22. The number of rotatable bonds is 4. The Morgan fingerprint density at radius 2 is 2.22 bits per heavy atom. The van der Waals surface area contributed by atoms with Gasteiger partial charge < -0.3 is 18.7 Å². The number of hydrogen-bond donors (Lipinski definition) is 1. The van der Waals surface area contributed by atoms with Gasteiger partial charge in [0.05, 0.1) is 0 Å². The average Bonchev–Trinajstić information content (AvgIpc) is 1.83. The molecule has 0 amide bonds. The van der Waals surface area contributed by atoms with Crippen molar-refractivity contribution in [1.29, 1.82) is 0 Å². The maximum Gasteiger partial charge on any atom is 2.00 e. The monoisotopic (exact) mass is 297 g/mol. The second-order valence-corrected chi connectivity index (χ2v) is 1.92. The minimum atomic E-state index is 0. The zero-order valence-corrected chi connectivity index (χ0v) is 9.12. The SMILES string of the molecule is [CH2-]C(CC)NC[CH-]C.[W+2]. The third-order valence-electron chi connectivity index (χ3n) is 1.10. The topological polar surface area (TPSA) is 12.0 Å². The summed E-state index contributed by atoms with van der Waals surface area (Å²) in [5.74, 6) is 0. The van der Waals surface area contributed by atoms with E-state index < -0.39 is 0 Å². The second kappa shape index (κ2) is 8.65. The van der Waals surface area contributed by atoms with Crippen molar-refractivity contribution in [1.82, 2.24) is 5.32 Å². The summed E-state index contributed by atoms with van der Waals surface area (Å²) in [7, 11) is 0. The molecule has 0 aliphatic rings. The van der Waals surface area contributed by atoms with Crippen LogP contribution in [0.2, 0.25) is 0 Å². The summed E-state index contributed by atoms with van der Waals surface area (Å²) in [6.07, 6.45) is 3.20. The molecule has 0 heterocycles. The van der Waals surface area contributed by atoms with Crippen LogP contribution in [0.25, 0.3) is 0 Å². The van der Waals surface area contributed by atoms with Crippen LogP contribution < -0.4 is 5.32 Å². The van der Waals surface area contributed by atoms with Crippen LogP contribution in [0.3, 0.4) is 0 Å². The Bertz CT molecular complexity index is 48.2. The summed E-state index contributed by atoms with van der Waals surface area (Å²) in [4.78, 5) is 0. The van der Waals surface area contributed by atoms with Crippen LogP contribution in [0.1, 0.15) is 20.3 Å². The molecular formula is C7H15NW. The molecule has 9 heavy (non-hydrogen) atoms. The standard InChI is InChI=1S/C7H15N.W/c1-4-6-8-7(3)5-2;/h4,7-8H,3,5-6H2,1-2H3;/q-2;+2. The molecule has 0 spiro atoms. The first-order valence-corrected chi connectivity index (χ1v) is 3.15. The Balaban J connectivity index is 0. The Morgan fingerprint density at radius 1 is 1.67 bits per heavy atom. The molecule has 1 N–H and O–H groups in total. The molecule has 0 radical (unpaired) electrons. The smallest absolute Gasteiger partial charge is 0.373 e. The molecule has 0 saturated carbocycles. The minimum absolute atomic E-state index is 0. The van der Waals surface area contributed by atoms with E-state index in [4.69, 9.17) is 0 Å². The number of nitrogens with one attached hydrogen (secondary N) is 1. The zero-order chi connectivity index (χ0) is 6.41. The van der Waals surface area contributed by atoms with Crippen molar-refractivity contribution in [3.8, 4) is 0 Å². The van der Waals surface area contributed by atoms with E-state index in [1.807, 2.05) is 6.92 Å². The third-order valence-corrected chi connectivity index (χ3v) is 1.10. The summed E-state index contributed by atoms with van der Waals surface area (Å²) >= 11 is 0. The average molecular weight is 297 g/mol. The first-order chi connectivity index (χ1) is 3.81. The van der Waals surface area contributed by atoms with Gasteiger partial charge in [0.25, 0.3) is 0 Å². The minimum Gasteiger partial charge on any atom is -0.373 e. The van der Waals surface area contributed by atoms with Gasteiger partial charge in [-0.05, 0) is 0 Å². The van der Waals surface area contributed by atoms with E-state index in [0.717, 1.165) is 13.0 Å².